The fourth-order valence-electron chi connectivity index (χ4n) is 3.50. The molecule has 0 amide bonds. The molecule has 2 aromatic heterocycles. The van der Waals surface area contributed by atoms with E-state index in [1.807, 2.05) is 36.4 Å². The van der Waals surface area contributed by atoms with Gasteiger partial charge < -0.3 is 14.7 Å². The molecule has 5 heteroatoms. The van der Waals surface area contributed by atoms with E-state index >= 15 is 0 Å². The second kappa shape index (κ2) is 4.82. The van der Waals surface area contributed by atoms with E-state index in [4.69, 9.17) is 27.9 Å². The molecular formula is C19H12Cl2N2O. The number of ether oxygens (including phenoxy) is 1. The molecule has 0 aliphatic carbocycles. The number of H-pyrrole nitrogens is 2. The van der Waals surface area contributed by atoms with E-state index in [1.54, 1.807) is 7.11 Å². The molecule has 0 unspecified atom stereocenters. The zero-order valence-corrected chi connectivity index (χ0v) is 14.2. The highest BCUT2D eigenvalue weighted by Gasteiger charge is 2.17. The SMILES string of the molecule is COc1cc2c3cc(Cl)ccc3[nH]c2c2[nH]c3ccc(Cl)cc3c12. The molecule has 0 fully saturated rings. The molecule has 0 saturated heterocycles. The summed E-state index contributed by atoms with van der Waals surface area (Å²) < 4.78 is 5.68. The molecule has 5 aromatic rings. The van der Waals surface area contributed by atoms with E-state index in [0.29, 0.717) is 10.0 Å². The Labute approximate surface area is 147 Å². The molecule has 0 spiro atoms. The number of rotatable bonds is 1. The third kappa shape index (κ3) is 1.80. The largest absolute Gasteiger partial charge is 0.496 e. The molecule has 3 aromatic carbocycles. The van der Waals surface area contributed by atoms with Crippen LogP contribution < -0.4 is 4.74 Å². The number of methoxy groups -OCH3 is 1. The lowest BCUT2D eigenvalue weighted by molar-refractivity contribution is 0.420. The predicted octanol–water partition coefficient (Wildman–Crippen LogP) is 6.27. The van der Waals surface area contributed by atoms with Gasteiger partial charge in [-0.3, -0.25) is 0 Å². The first-order valence-electron chi connectivity index (χ1n) is 7.54. The topological polar surface area (TPSA) is 40.8 Å². The average molecular weight is 355 g/mol. The number of hydrogen-bond acceptors (Lipinski definition) is 1. The molecule has 3 nitrogen and oxygen atoms in total. The summed E-state index contributed by atoms with van der Waals surface area (Å²) in [5.74, 6) is 0.812. The predicted molar refractivity (Wildman–Crippen MR) is 102 cm³/mol. The maximum Gasteiger partial charge on any atom is 0.129 e. The van der Waals surface area contributed by atoms with Crippen molar-refractivity contribution in [2.24, 2.45) is 0 Å². The monoisotopic (exact) mass is 354 g/mol. The van der Waals surface area contributed by atoms with Crippen molar-refractivity contribution >= 4 is 66.8 Å². The minimum Gasteiger partial charge on any atom is -0.496 e. The number of aromatic nitrogens is 2. The quantitative estimate of drug-likeness (QED) is 0.365. The van der Waals surface area contributed by atoms with E-state index in [9.17, 15) is 0 Å². The Bertz CT molecular complexity index is 1270. The van der Waals surface area contributed by atoms with Gasteiger partial charge in [-0.1, -0.05) is 23.2 Å². The van der Waals surface area contributed by atoms with Gasteiger partial charge in [0.15, 0.2) is 0 Å². The van der Waals surface area contributed by atoms with E-state index < -0.39 is 0 Å². The third-order valence-electron chi connectivity index (χ3n) is 4.55. The minimum absolute atomic E-state index is 0.703. The Morgan fingerprint density at radius 3 is 2.08 bits per heavy atom. The standard InChI is InChI=1S/C19H12Cl2N2O/c1-24-16-8-12-11-6-9(20)2-4-14(11)22-18(12)19-17(16)13-7-10(21)3-5-15(13)23-19/h2-8,22-23H,1H3. The summed E-state index contributed by atoms with van der Waals surface area (Å²) >= 11 is 12.4. The van der Waals surface area contributed by atoms with Crippen LogP contribution in [0.2, 0.25) is 10.0 Å². The Balaban J connectivity index is 2.07. The number of nitrogens with one attached hydrogen (secondary N) is 2. The van der Waals surface area contributed by atoms with Crippen molar-refractivity contribution in [3.05, 3.63) is 52.5 Å². The van der Waals surface area contributed by atoms with Gasteiger partial charge in [0.05, 0.1) is 23.5 Å². The summed E-state index contributed by atoms with van der Waals surface area (Å²) in [7, 11) is 1.69. The van der Waals surface area contributed by atoms with Crippen LogP contribution in [0.25, 0.3) is 43.6 Å². The highest BCUT2D eigenvalue weighted by molar-refractivity contribution is 6.33. The first-order valence-corrected chi connectivity index (χ1v) is 8.30. The highest BCUT2D eigenvalue weighted by atomic mass is 35.5. The van der Waals surface area contributed by atoms with Gasteiger partial charge in [0.2, 0.25) is 0 Å². The zero-order valence-electron chi connectivity index (χ0n) is 12.7. The van der Waals surface area contributed by atoms with Crippen molar-refractivity contribution in [3.8, 4) is 5.75 Å². The summed E-state index contributed by atoms with van der Waals surface area (Å²) in [5, 5.41) is 5.65. The first-order chi connectivity index (χ1) is 11.7. The Hall–Kier alpha value is -2.36. The minimum atomic E-state index is 0.703. The molecule has 0 bridgehead atoms. The number of halogens is 2. The molecule has 0 saturated carbocycles. The lowest BCUT2D eigenvalue weighted by Crippen LogP contribution is -1.84. The molecule has 0 aliphatic heterocycles. The van der Waals surface area contributed by atoms with Crippen LogP contribution in [-0.4, -0.2) is 17.1 Å². The van der Waals surface area contributed by atoms with Crippen LogP contribution in [0.3, 0.4) is 0 Å². The summed E-state index contributed by atoms with van der Waals surface area (Å²) in [6, 6.07) is 13.7. The van der Waals surface area contributed by atoms with Crippen LogP contribution in [0.1, 0.15) is 0 Å². The van der Waals surface area contributed by atoms with Crippen molar-refractivity contribution in [2.75, 3.05) is 7.11 Å². The molecule has 0 atom stereocenters. The normalized spacial score (nSPS) is 12.0. The van der Waals surface area contributed by atoms with Gasteiger partial charge in [0.1, 0.15) is 5.75 Å². The number of aromatic amines is 2. The number of benzene rings is 3. The maximum atomic E-state index is 6.19. The Kier molecular flexibility index (Phi) is 2.82. The average Bonchev–Trinajstić information content (AvgIpc) is 3.12. The third-order valence-corrected chi connectivity index (χ3v) is 5.02. The molecule has 24 heavy (non-hydrogen) atoms. The smallest absolute Gasteiger partial charge is 0.129 e. The van der Waals surface area contributed by atoms with Crippen molar-refractivity contribution in [3.63, 3.8) is 0 Å². The van der Waals surface area contributed by atoms with Gasteiger partial charge in [-0.05, 0) is 42.5 Å². The molecule has 5 rings (SSSR count). The van der Waals surface area contributed by atoms with Crippen LogP contribution in [-0.2, 0) is 0 Å². The van der Waals surface area contributed by atoms with E-state index in [1.165, 1.54) is 0 Å². The Morgan fingerprint density at radius 2 is 1.38 bits per heavy atom. The second-order valence-electron chi connectivity index (χ2n) is 5.88. The van der Waals surface area contributed by atoms with Crippen molar-refractivity contribution in [1.82, 2.24) is 9.97 Å². The van der Waals surface area contributed by atoms with Crippen LogP contribution in [0.4, 0.5) is 0 Å². The van der Waals surface area contributed by atoms with Gasteiger partial charge in [0.25, 0.3) is 0 Å². The maximum absolute atomic E-state index is 6.19. The zero-order chi connectivity index (χ0) is 16.4. The van der Waals surface area contributed by atoms with Crippen molar-refractivity contribution in [1.29, 1.82) is 0 Å². The second-order valence-corrected chi connectivity index (χ2v) is 6.75. The molecular weight excluding hydrogens is 343 g/mol. The lowest BCUT2D eigenvalue weighted by atomic mass is 10.1. The molecule has 118 valence electrons. The van der Waals surface area contributed by atoms with E-state index in [-0.39, 0.29) is 0 Å². The summed E-state index contributed by atoms with van der Waals surface area (Å²) in [6.07, 6.45) is 0. The Morgan fingerprint density at radius 1 is 0.750 bits per heavy atom. The van der Waals surface area contributed by atoms with Crippen LogP contribution >= 0.6 is 23.2 Å². The van der Waals surface area contributed by atoms with Crippen molar-refractivity contribution in [2.45, 2.75) is 0 Å². The van der Waals surface area contributed by atoms with E-state index in [2.05, 4.69) is 16.0 Å². The molecule has 2 N–H and O–H groups in total. The molecule has 0 aliphatic rings. The van der Waals surface area contributed by atoms with Gasteiger partial charge in [-0.2, -0.15) is 0 Å². The fraction of sp³-hybridized carbons (Fsp3) is 0.0526. The first kappa shape index (κ1) is 14.0. The molecule has 2 heterocycles. The van der Waals surface area contributed by atoms with E-state index in [0.717, 1.165) is 49.4 Å². The highest BCUT2D eigenvalue weighted by Crippen LogP contribution is 2.41. The van der Waals surface area contributed by atoms with Crippen LogP contribution in [0.15, 0.2) is 42.5 Å². The van der Waals surface area contributed by atoms with Crippen LogP contribution in [0, 0.1) is 0 Å². The van der Waals surface area contributed by atoms with Gasteiger partial charge in [0, 0.05) is 37.2 Å². The van der Waals surface area contributed by atoms with Crippen LogP contribution in [0.5, 0.6) is 5.75 Å². The van der Waals surface area contributed by atoms with Crippen molar-refractivity contribution < 1.29 is 4.74 Å². The number of fused-ring (bicyclic) bond motifs is 7. The molecule has 0 radical (unpaired) electrons. The van der Waals surface area contributed by atoms with Gasteiger partial charge in [-0.15, -0.1) is 0 Å². The summed E-state index contributed by atoms with van der Waals surface area (Å²) in [4.78, 5) is 6.99. The lowest BCUT2D eigenvalue weighted by Gasteiger charge is -2.04. The fourth-order valence-corrected chi connectivity index (χ4v) is 3.85. The number of hydrogen-bond donors (Lipinski definition) is 2. The van der Waals surface area contributed by atoms with Gasteiger partial charge in [-0.25, -0.2) is 0 Å². The van der Waals surface area contributed by atoms with Gasteiger partial charge >= 0.3 is 0 Å². The summed E-state index contributed by atoms with van der Waals surface area (Å²) in [5.41, 5.74) is 4.11. The summed E-state index contributed by atoms with van der Waals surface area (Å²) in [6.45, 7) is 0.